The molecule has 5 heteroatoms. The Hall–Kier alpha value is -2.20. The van der Waals surface area contributed by atoms with Gasteiger partial charge in [-0.2, -0.15) is 0 Å². The van der Waals surface area contributed by atoms with Gasteiger partial charge in [-0.3, -0.25) is 0 Å². The topological polar surface area (TPSA) is 35.6 Å². The molecule has 1 saturated heterocycles. The first-order chi connectivity index (χ1) is 11.5. The second kappa shape index (κ2) is 7.14. The van der Waals surface area contributed by atoms with Gasteiger partial charge >= 0.3 is 6.03 Å². The molecule has 3 rings (SSSR count). The molecule has 0 aromatic heterocycles. The van der Waals surface area contributed by atoms with E-state index < -0.39 is 0 Å². The van der Waals surface area contributed by atoms with Gasteiger partial charge in [-0.15, -0.1) is 0 Å². The number of para-hydroxylation sites is 1. The van der Waals surface area contributed by atoms with Gasteiger partial charge in [-0.25, -0.2) is 4.79 Å². The van der Waals surface area contributed by atoms with Crippen molar-refractivity contribution in [2.75, 3.05) is 36.4 Å². The quantitative estimate of drug-likeness (QED) is 0.881. The van der Waals surface area contributed by atoms with Crippen molar-refractivity contribution in [1.29, 1.82) is 0 Å². The van der Waals surface area contributed by atoms with E-state index >= 15 is 0 Å². The molecule has 2 amide bonds. The van der Waals surface area contributed by atoms with Crippen LogP contribution in [0.5, 0.6) is 0 Å². The van der Waals surface area contributed by atoms with E-state index in [1.165, 1.54) is 5.56 Å². The number of halogens is 1. The number of anilines is 2. The van der Waals surface area contributed by atoms with E-state index in [1.54, 1.807) is 0 Å². The smallest absolute Gasteiger partial charge is 0.321 e. The fourth-order valence-corrected chi connectivity index (χ4v) is 3.15. The molecule has 0 radical (unpaired) electrons. The molecule has 0 bridgehead atoms. The standard InChI is InChI=1S/C19H22ClN3O/c1-14-5-3-4-6-17(14)21-19(24)23-11-9-22(10-12-23)18-13-16(20)8-7-15(18)2/h3-8,13H,9-12H2,1-2H3,(H,21,24). The largest absolute Gasteiger partial charge is 0.368 e. The Bertz CT molecular complexity index is 739. The molecule has 1 heterocycles. The van der Waals surface area contributed by atoms with Crippen LogP contribution >= 0.6 is 11.6 Å². The molecule has 2 aromatic rings. The summed E-state index contributed by atoms with van der Waals surface area (Å²) >= 11 is 6.12. The third-order valence-electron chi connectivity index (χ3n) is 4.47. The van der Waals surface area contributed by atoms with Crippen LogP contribution in [0.2, 0.25) is 5.02 Å². The van der Waals surface area contributed by atoms with Crippen LogP contribution in [-0.4, -0.2) is 37.1 Å². The summed E-state index contributed by atoms with van der Waals surface area (Å²) < 4.78 is 0. The number of carbonyl (C=O) groups excluding carboxylic acids is 1. The molecule has 1 N–H and O–H groups in total. The maximum absolute atomic E-state index is 12.5. The molecular formula is C19H22ClN3O. The fraction of sp³-hybridized carbons (Fsp3) is 0.316. The van der Waals surface area contributed by atoms with Crippen molar-refractivity contribution in [3.8, 4) is 0 Å². The zero-order chi connectivity index (χ0) is 17.1. The molecule has 0 spiro atoms. The van der Waals surface area contributed by atoms with Gasteiger partial charge in [0, 0.05) is 42.6 Å². The number of hydrogen-bond acceptors (Lipinski definition) is 2. The third kappa shape index (κ3) is 3.65. The third-order valence-corrected chi connectivity index (χ3v) is 4.70. The number of carbonyl (C=O) groups is 1. The van der Waals surface area contributed by atoms with Gasteiger partial charge in [0.1, 0.15) is 0 Å². The number of aryl methyl sites for hydroxylation is 2. The Balaban J connectivity index is 1.61. The van der Waals surface area contributed by atoms with Crippen molar-refractivity contribution in [2.45, 2.75) is 13.8 Å². The molecule has 0 atom stereocenters. The van der Waals surface area contributed by atoms with Gasteiger partial charge in [0.2, 0.25) is 0 Å². The summed E-state index contributed by atoms with van der Waals surface area (Å²) in [6.45, 7) is 7.09. The summed E-state index contributed by atoms with van der Waals surface area (Å²) in [4.78, 5) is 16.6. The molecular weight excluding hydrogens is 322 g/mol. The fourth-order valence-electron chi connectivity index (χ4n) is 2.98. The van der Waals surface area contributed by atoms with Crippen LogP contribution in [0, 0.1) is 13.8 Å². The molecule has 1 fully saturated rings. The van der Waals surface area contributed by atoms with E-state index in [9.17, 15) is 4.79 Å². The van der Waals surface area contributed by atoms with Crippen molar-refractivity contribution in [3.63, 3.8) is 0 Å². The van der Waals surface area contributed by atoms with Crippen LogP contribution in [0.3, 0.4) is 0 Å². The molecule has 0 saturated carbocycles. The molecule has 1 aliphatic rings. The minimum absolute atomic E-state index is 0.0354. The highest BCUT2D eigenvalue weighted by Crippen LogP contribution is 2.25. The van der Waals surface area contributed by atoms with E-state index in [0.717, 1.165) is 35.1 Å². The van der Waals surface area contributed by atoms with Crippen LogP contribution in [-0.2, 0) is 0 Å². The predicted molar refractivity (Wildman–Crippen MR) is 100 cm³/mol. The average Bonchev–Trinajstić information content (AvgIpc) is 2.59. The van der Waals surface area contributed by atoms with Gasteiger partial charge in [-0.1, -0.05) is 35.9 Å². The Morgan fingerprint density at radius 1 is 1.00 bits per heavy atom. The van der Waals surface area contributed by atoms with Gasteiger partial charge < -0.3 is 15.1 Å². The summed E-state index contributed by atoms with van der Waals surface area (Å²) in [6.07, 6.45) is 0. The summed E-state index contributed by atoms with van der Waals surface area (Å²) in [6, 6.07) is 13.7. The Morgan fingerprint density at radius 2 is 1.71 bits per heavy atom. The molecule has 0 aliphatic carbocycles. The highest BCUT2D eigenvalue weighted by Gasteiger charge is 2.22. The molecule has 126 valence electrons. The lowest BCUT2D eigenvalue weighted by atomic mass is 10.1. The molecule has 24 heavy (non-hydrogen) atoms. The van der Waals surface area contributed by atoms with Gasteiger partial charge in [-0.05, 0) is 43.2 Å². The molecule has 1 aliphatic heterocycles. The molecule has 0 unspecified atom stereocenters. The van der Waals surface area contributed by atoms with Crippen molar-refractivity contribution in [1.82, 2.24) is 4.90 Å². The van der Waals surface area contributed by atoms with Crippen molar-refractivity contribution in [3.05, 3.63) is 58.6 Å². The SMILES string of the molecule is Cc1ccccc1NC(=O)N1CCN(c2cc(Cl)ccc2C)CC1. The first-order valence-corrected chi connectivity index (χ1v) is 8.55. The highest BCUT2D eigenvalue weighted by atomic mass is 35.5. The van der Waals surface area contributed by atoms with Crippen molar-refractivity contribution < 1.29 is 4.79 Å². The summed E-state index contributed by atoms with van der Waals surface area (Å²) in [5.41, 5.74) is 4.30. The highest BCUT2D eigenvalue weighted by molar-refractivity contribution is 6.30. The number of hydrogen-bond donors (Lipinski definition) is 1. The van der Waals surface area contributed by atoms with Crippen LogP contribution < -0.4 is 10.2 Å². The summed E-state index contributed by atoms with van der Waals surface area (Å²) in [5.74, 6) is 0. The maximum atomic E-state index is 12.5. The lowest BCUT2D eigenvalue weighted by Crippen LogP contribution is -2.50. The number of piperazine rings is 1. The first kappa shape index (κ1) is 16.7. The number of amides is 2. The number of rotatable bonds is 2. The van der Waals surface area contributed by atoms with Gasteiger partial charge in [0.25, 0.3) is 0 Å². The molecule has 2 aromatic carbocycles. The number of nitrogens with one attached hydrogen (secondary N) is 1. The van der Waals surface area contributed by atoms with Gasteiger partial charge in [0.15, 0.2) is 0 Å². The predicted octanol–water partition coefficient (Wildman–Crippen LogP) is 4.31. The normalized spacial score (nSPS) is 14.6. The van der Waals surface area contributed by atoms with E-state index in [4.69, 9.17) is 11.6 Å². The van der Waals surface area contributed by atoms with Crippen molar-refractivity contribution >= 4 is 29.0 Å². The number of nitrogens with zero attached hydrogens (tertiary/aromatic N) is 2. The van der Waals surface area contributed by atoms with E-state index in [0.29, 0.717) is 13.1 Å². The number of benzene rings is 2. The van der Waals surface area contributed by atoms with Crippen molar-refractivity contribution in [2.24, 2.45) is 0 Å². The van der Waals surface area contributed by atoms with Crippen LogP contribution in [0.4, 0.5) is 16.2 Å². The minimum Gasteiger partial charge on any atom is -0.368 e. The Morgan fingerprint density at radius 3 is 2.42 bits per heavy atom. The minimum atomic E-state index is -0.0354. The van der Waals surface area contributed by atoms with E-state index in [-0.39, 0.29) is 6.03 Å². The lowest BCUT2D eigenvalue weighted by molar-refractivity contribution is 0.208. The Kier molecular flexibility index (Phi) is 4.95. The number of urea groups is 1. The molecule has 4 nitrogen and oxygen atoms in total. The van der Waals surface area contributed by atoms with E-state index in [2.05, 4.69) is 17.1 Å². The van der Waals surface area contributed by atoms with Crippen LogP contribution in [0.25, 0.3) is 0 Å². The average molecular weight is 344 g/mol. The lowest BCUT2D eigenvalue weighted by Gasteiger charge is -2.36. The summed E-state index contributed by atoms with van der Waals surface area (Å²) in [5, 5.41) is 3.75. The van der Waals surface area contributed by atoms with Crippen LogP contribution in [0.15, 0.2) is 42.5 Å². The maximum Gasteiger partial charge on any atom is 0.321 e. The summed E-state index contributed by atoms with van der Waals surface area (Å²) in [7, 11) is 0. The Labute approximate surface area is 148 Å². The van der Waals surface area contributed by atoms with E-state index in [1.807, 2.05) is 54.3 Å². The zero-order valence-corrected chi connectivity index (χ0v) is 14.8. The zero-order valence-electron chi connectivity index (χ0n) is 14.1. The monoisotopic (exact) mass is 343 g/mol. The first-order valence-electron chi connectivity index (χ1n) is 8.17. The van der Waals surface area contributed by atoms with Gasteiger partial charge in [0.05, 0.1) is 0 Å². The second-order valence-electron chi connectivity index (χ2n) is 6.15. The second-order valence-corrected chi connectivity index (χ2v) is 6.59. The van der Waals surface area contributed by atoms with Crippen LogP contribution in [0.1, 0.15) is 11.1 Å².